The molecule has 0 aromatic carbocycles. The largest absolute Gasteiger partial charge is 0.505 e. The Hall–Kier alpha value is -2.43. The predicted octanol–water partition coefficient (Wildman–Crippen LogP) is -4.22. The van der Waals surface area contributed by atoms with Gasteiger partial charge in [-0.2, -0.15) is 0 Å². The maximum atomic E-state index is 10.5. The van der Waals surface area contributed by atoms with Crippen LogP contribution in [0, 0.1) is 41.7 Å². The molecule has 3 rings (SSSR count). The molecular formula is C18H24CeO18. The third-order valence-corrected chi connectivity index (χ3v) is 4.43. The molecule has 3 aliphatic heterocycles. The number of aliphatic hydroxyl groups is 12. The van der Waals surface area contributed by atoms with Crippen molar-refractivity contribution in [3.63, 3.8) is 0 Å². The van der Waals surface area contributed by atoms with E-state index in [-0.39, 0.29) is 41.7 Å². The van der Waals surface area contributed by atoms with E-state index in [1.54, 1.807) is 0 Å². The third-order valence-electron chi connectivity index (χ3n) is 4.43. The number of aliphatic hydroxyl groups excluding tert-OH is 12. The van der Waals surface area contributed by atoms with Gasteiger partial charge in [0.1, 0.15) is 18.3 Å². The molecule has 0 aromatic heterocycles. The molecule has 37 heavy (non-hydrogen) atoms. The van der Waals surface area contributed by atoms with E-state index < -0.39 is 109 Å². The zero-order valence-corrected chi connectivity index (χ0v) is 21.5. The Morgan fingerprint density at radius 1 is 0.514 bits per heavy atom. The monoisotopic (exact) mass is 668 g/mol. The van der Waals surface area contributed by atoms with E-state index in [1.165, 1.54) is 0 Å². The molecular weight excluding hydrogens is 644 g/mol. The van der Waals surface area contributed by atoms with Gasteiger partial charge in [-0.3, -0.25) is 0 Å². The number of rotatable bonds is 6. The number of carbonyl (C=O) groups is 3. The van der Waals surface area contributed by atoms with Crippen LogP contribution in [-0.2, 0) is 28.6 Å². The molecule has 0 amide bonds. The summed E-state index contributed by atoms with van der Waals surface area (Å²) in [6.07, 6.45) is -8.33. The van der Waals surface area contributed by atoms with Crippen LogP contribution in [0.15, 0.2) is 34.6 Å². The average molecular weight is 668 g/mol. The van der Waals surface area contributed by atoms with E-state index in [4.69, 9.17) is 61.3 Å². The molecule has 208 valence electrons. The van der Waals surface area contributed by atoms with E-state index in [0.717, 1.165) is 0 Å². The molecule has 0 radical (unpaired) electrons. The van der Waals surface area contributed by atoms with Gasteiger partial charge in [0.15, 0.2) is 35.6 Å². The van der Waals surface area contributed by atoms with Crippen LogP contribution in [0.25, 0.3) is 0 Å². The van der Waals surface area contributed by atoms with Crippen LogP contribution < -0.4 is 0 Å². The number of carbonyl (C=O) groups excluding carboxylic acids is 3. The summed E-state index contributed by atoms with van der Waals surface area (Å²) in [4.78, 5) is 31.6. The minimum absolute atomic E-state index is 0. The van der Waals surface area contributed by atoms with Crippen molar-refractivity contribution in [1.29, 1.82) is 0 Å². The first kappa shape index (κ1) is 34.6. The summed E-state index contributed by atoms with van der Waals surface area (Å²) in [5.41, 5.74) is 0. The SMILES string of the molecule is O=C1O[C@H]([C@@H](O)CO)C(O)=C1O.O=C1O[C@H]([C@@H](O)CO)C(O)=C1O.O=C1O[C@H]([C@@H](O)CO)C(O)=C1O.[Ce]. The summed E-state index contributed by atoms with van der Waals surface area (Å²) in [5, 5.41) is 105. The van der Waals surface area contributed by atoms with Gasteiger partial charge in [0, 0.05) is 41.7 Å². The van der Waals surface area contributed by atoms with Crippen molar-refractivity contribution in [3.05, 3.63) is 34.6 Å². The number of hydrogen-bond acceptors (Lipinski definition) is 18. The fourth-order valence-corrected chi connectivity index (χ4v) is 2.47. The Morgan fingerprint density at radius 2 is 0.703 bits per heavy atom. The second-order valence-electron chi connectivity index (χ2n) is 6.93. The van der Waals surface area contributed by atoms with Gasteiger partial charge in [-0.25, -0.2) is 14.4 Å². The maximum Gasteiger partial charge on any atom is 0.377 e. The number of ether oxygens (including phenoxy) is 3. The molecule has 0 saturated heterocycles. The Labute approximate surface area is 239 Å². The minimum atomic E-state index is -1.42. The van der Waals surface area contributed by atoms with E-state index in [0.29, 0.717) is 0 Å². The normalized spacial score (nSPS) is 25.1. The first-order valence-corrected chi connectivity index (χ1v) is 9.59. The predicted molar refractivity (Wildman–Crippen MR) is 106 cm³/mol. The first-order valence-electron chi connectivity index (χ1n) is 9.59. The molecule has 0 fully saturated rings. The molecule has 0 aromatic rings. The standard InChI is InChI=1S/3C6H8O6.Ce/c3*7-1-2(8)5-3(9)4(10)6(11)12-5;/h3*2,5,7-10H,1H2;/t3*2-,5+;/m000./s1. The fourth-order valence-electron chi connectivity index (χ4n) is 2.47. The first-order chi connectivity index (χ1) is 16.7. The second-order valence-corrected chi connectivity index (χ2v) is 6.93. The second kappa shape index (κ2) is 15.1. The summed E-state index contributed by atoms with van der Waals surface area (Å²) < 4.78 is 12.9. The van der Waals surface area contributed by atoms with Crippen molar-refractivity contribution >= 4 is 17.9 Å². The fraction of sp³-hybridized carbons (Fsp3) is 0.500. The Balaban J connectivity index is 0.000000518. The van der Waals surface area contributed by atoms with Gasteiger partial charge in [0.25, 0.3) is 0 Å². The smallest absolute Gasteiger partial charge is 0.377 e. The van der Waals surface area contributed by atoms with Crippen molar-refractivity contribution in [1.82, 2.24) is 0 Å². The van der Waals surface area contributed by atoms with Gasteiger partial charge < -0.3 is 75.5 Å². The van der Waals surface area contributed by atoms with E-state index in [9.17, 15) is 14.4 Å². The van der Waals surface area contributed by atoms with Crippen molar-refractivity contribution in [2.45, 2.75) is 36.6 Å². The third kappa shape index (κ3) is 8.28. The summed E-state index contributed by atoms with van der Waals surface area (Å²) in [6, 6.07) is 0. The summed E-state index contributed by atoms with van der Waals surface area (Å²) in [7, 11) is 0. The summed E-state index contributed by atoms with van der Waals surface area (Å²) in [6.45, 7) is -2.01. The Bertz CT molecular complexity index is 822. The zero-order chi connectivity index (χ0) is 27.9. The summed E-state index contributed by atoms with van der Waals surface area (Å²) in [5.74, 6) is -8.34. The van der Waals surface area contributed by atoms with Crippen LogP contribution in [-0.4, -0.2) is 136 Å². The molecule has 6 atom stereocenters. The van der Waals surface area contributed by atoms with Crippen molar-refractivity contribution in [2.24, 2.45) is 0 Å². The van der Waals surface area contributed by atoms with Gasteiger partial charge >= 0.3 is 17.9 Å². The van der Waals surface area contributed by atoms with Crippen molar-refractivity contribution in [2.75, 3.05) is 19.8 Å². The average Bonchev–Trinajstić information content (AvgIpc) is 3.40. The van der Waals surface area contributed by atoms with E-state index in [2.05, 4.69) is 14.2 Å². The van der Waals surface area contributed by atoms with Crippen LogP contribution in [0.2, 0.25) is 0 Å². The van der Waals surface area contributed by atoms with Crippen LogP contribution in [0.5, 0.6) is 0 Å². The van der Waals surface area contributed by atoms with Gasteiger partial charge in [-0.05, 0) is 0 Å². The number of hydrogen-bond donors (Lipinski definition) is 12. The van der Waals surface area contributed by atoms with Crippen LogP contribution in [0.1, 0.15) is 0 Å². The molecule has 0 unspecified atom stereocenters. The quantitative estimate of drug-likeness (QED) is 0.0942. The number of cyclic esters (lactones) is 3. The van der Waals surface area contributed by atoms with Gasteiger partial charge in [-0.1, -0.05) is 0 Å². The molecule has 3 aliphatic rings. The molecule has 19 heteroatoms. The zero-order valence-electron chi connectivity index (χ0n) is 18.4. The topological polar surface area (TPSA) is 322 Å². The van der Waals surface area contributed by atoms with Crippen LogP contribution in [0.3, 0.4) is 0 Å². The van der Waals surface area contributed by atoms with Gasteiger partial charge in [-0.15, -0.1) is 0 Å². The van der Waals surface area contributed by atoms with Crippen molar-refractivity contribution in [3.8, 4) is 0 Å². The Morgan fingerprint density at radius 3 is 0.811 bits per heavy atom. The molecule has 18 nitrogen and oxygen atoms in total. The van der Waals surface area contributed by atoms with Gasteiger partial charge in [0.2, 0.25) is 17.3 Å². The van der Waals surface area contributed by atoms with E-state index in [1.807, 2.05) is 0 Å². The van der Waals surface area contributed by atoms with Crippen LogP contribution in [0.4, 0.5) is 0 Å². The Kier molecular flexibility index (Phi) is 14.1. The molecule has 0 aliphatic carbocycles. The van der Waals surface area contributed by atoms with Crippen molar-refractivity contribution < 1.29 is 132 Å². The molecule has 0 bridgehead atoms. The van der Waals surface area contributed by atoms with Crippen LogP contribution >= 0.6 is 0 Å². The van der Waals surface area contributed by atoms with Gasteiger partial charge in [0.05, 0.1) is 19.8 Å². The minimum Gasteiger partial charge on any atom is -0.505 e. The molecule has 3 heterocycles. The number of esters is 3. The molecule has 12 N–H and O–H groups in total. The molecule has 0 saturated carbocycles. The molecule has 0 spiro atoms. The summed E-state index contributed by atoms with van der Waals surface area (Å²) >= 11 is 0. The maximum absolute atomic E-state index is 10.5. The van der Waals surface area contributed by atoms with E-state index >= 15 is 0 Å².